The van der Waals surface area contributed by atoms with Crippen LogP contribution in [-0.4, -0.2) is 35.5 Å². The summed E-state index contributed by atoms with van der Waals surface area (Å²) in [7, 11) is 0. The molecule has 0 aromatic rings. The Kier molecular flexibility index (Phi) is 6.34. The van der Waals surface area contributed by atoms with E-state index in [2.05, 4.69) is 19.2 Å². The van der Waals surface area contributed by atoms with Crippen molar-refractivity contribution in [3.05, 3.63) is 0 Å². The lowest BCUT2D eigenvalue weighted by molar-refractivity contribution is 0.166. The van der Waals surface area contributed by atoms with Crippen LogP contribution in [0.3, 0.4) is 0 Å². The number of aliphatic hydroxyl groups is 2. The van der Waals surface area contributed by atoms with Crippen LogP contribution in [0.1, 0.15) is 27.2 Å². The zero-order valence-electron chi connectivity index (χ0n) is 8.25. The Morgan fingerprint density at radius 3 is 2.17 bits per heavy atom. The highest BCUT2D eigenvalue weighted by atomic mass is 16.3. The van der Waals surface area contributed by atoms with E-state index >= 15 is 0 Å². The van der Waals surface area contributed by atoms with Gasteiger partial charge in [-0.15, -0.1) is 0 Å². The zero-order chi connectivity index (χ0) is 9.56. The van der Waals surface area contributed by atoms with Crippen LogP contribution in [0.5, 0.6) is 0 Å². The fourth-order valence-electron chi connectivity index (χ4n) is 1.13. The van der Waals surface area contributed by atoms with E-state index in [-0.39, 0.29) is 18.8 Å². The first-order valence-corrected chi connectivity index (χ1v) is 4.58. The van der Waals surface area contributed by atoms with E-state index < -0.39 is 0 Å². The summed E-state index contributed by atoms with van der Waals surface area (Å²) >= 11 is 0. The summed E-state index contributed by atoms with van der Waals surface area (Å²) in [5.41, 5.74) is 0. The maximum Gasteiger partial charge on any atom is 0.0636 e. The van der Waals surface area contributed by atoms with Crippen LogP contribution in [0.2, 0.25) is 0 Å². The molecule has 2 atom stereocenters. The van der Waals surface area contributed by atoms with E-state index in [1.54, 1.807) is 6.92 Å². The van der Waals surface area contributed by atoms with Gasteiger partial charge in [0.25, 0.3) is 0 Å². The van der Waals surface area contributed by atoms with E-state index in [0.717, 1.165) is 6.42 Å². The molecule has 0 aliphatic carbocycles. The van der Waals surface area contributed by atoms with Crippen LogP contribution in [0.25, 0.3) is 0 Å². The third kappa shape index (κ3) is 6.58. The molecular weight excluding hydrogens is 154 g/mol. The maximum absolute atomic E-state index is 8.99. The van der Waals surface area contributed by atoms with Crippen LogP contribution in [0.15, 0.2) is 0 Å². The summed E-state index contributed by atoms with van der Waals surface area (Å²) in [6.07, 6.45) is 0.606. The van der Waals surface area contributed by atoms with Gasteiger partial charge in [0.2, 0.25) is 0 Å². The average molecular weight is 175 g/mol. The number of hydrogen-bond donors (Lipinski definition) is 3. The third-order valence-electron chi connectivity index (χ3n) is 1.68. The van der Waals surface area contributed by atoms with Gasteiger partial charge in [-0.05, 0) is 19.3 Å². The van der Waals surface area contributed by atoms with E-state index in [4.69, 9.17) is 10.2 Å². The van der Waals surface area contributed by atoms with Gasteiger partial charge in [-0.25, -0.2) is 0 Å². The molecule has 3 N–H and O–H groups in total. The normalized spacial score (nSPS) is 16.5. The average Bonchev–Trinajstić information content (AvgIpc) is 1.97. The monoisotopic (exact) mass is 175 g/mol. The topological polar surface area (TPSA) is 52.5 Å². The van der Waals surface area contributed by atoms with Crippen LogP contribution in [0, 0.1) is 5.92 Å². The minimum atomic E-state index is -0.341. The number of rotatable bonds is 6. The van der Waals surface area contributed by atoms with Gasteiger partial charge >= 0.3 is 0 Å². The Morgan fingerprint density at radius 2 is 1.83 bits per heavy atom. The van der Waals surface area contributed by atoms with Gasteiger partial charge in [0.15, 0.2) is 0 Å². The van der Waals surface area contributed by atoms with Crippen molar-refractivity contribution >= 4 is 0 Å². The summed E-state index contributed by atoms with van der Waals surface area (Å²) in [5, 5.41) is 21.0. The second-order valence-electron chi connectivity index (χ2n) is 3.77. The highest BCUT2D eigenvalue weighted by Gasteiger charge is 2.09. The summed E-state index contributed by atoms with van der Waals surface area (Å²) < 4.78 is 0. The molecule has 0 saturated heterocycles. The summed E-state index contributed by atoms with van der Waals surface area (Å²) in [6.45, 7) is 6.67. The van der Waals surface area contributed by atoms with Crippen LogP contribution in [0.4, 0.5) is 0 Å². The fourth-order valence-corrected chi connectivity index (χ4v) is 1.13. The summed E-state index contributed by atoms with van der Waals surface area (Å²) in [6, 6.07) is 0.125. The first-order valence-electron chi connectivity index (χ1n) is 4.58. The summed E-state index contributed by atoms with van der Waals surface area (Å²) in [5.74, 6) is 0.573. The van der Waals surface area contributed by atoms with Crippen molar-refractivity contribution in [1.29, 1.82) is 0 Å². The highest BCUT2D eigenvalue weighted by Crippen LogP contribution is 2.03. The standard InChI is InChI=1S/C9H21NO2/c1-7(2)4-9(6-11)10-5-8(3)12/h7-12H,4-6H2,1-3H3. The Labute approximate surface area is 74.8 Å². The molecule has 0 aliphatic rings. The predicted octanol–water partition coefficient (Wildman–Crippen LogP) is 0.364. The van der Waals surface area contributed by atoms with Crippen LogP contribution >= 0.6 is 0 Å². The molecule has 12 heavy (non-hydrogen) atoms. The van der Waals surface area contributed by atoms with Crippen molar-refractivity contribution in [2.45, 2.75) is 39.3 Å². The molecule has 0 spiro atoms. The fraction of sp³-hybridized carbons (Fsp3) is 1.00. The maximum atomic E-state index is 8.99. The highest BCUT2D eigenvalue weighted by molar-refractivity contribution is 4.68. The number of nitrogens with one attached hydrogen (secondary N) is 1. The molecule has 2 unspecified atom stereocenters. The first kappa shape index (κ1) is 11.9. The van der Waals surface area contributed by atoms with Gasteiger partial charge in [-0.1, -0.05) is 13.8 Å². The van der Waals surface area contributed by atoms with Crippen LogP contribution in [-0.2, 0) is 0 Å². The molecule has 0 amide bonds. The lowest BCUT2D eigenvalue weighted by Crippen LogP contribution is -2.37. The first-order chi connectivity index (χ1) is 5.56. The minimum Gasteiger partial charge on any atom is -0.395 e. The molecule has 0 rings (SSSR count). The Morgan fingerprint density at radius 1 is 1.25 bits per heavy atom. The van der Waals surface area contributed by atoms with Crippen molar-refractivity contribution < 1.29 is 10.2 Å². The smallest absolute Gasteiger partial charge is 0.0636 e. The molecule has 0 aromatic heterocycles. The van der Waals surface area contributed by atoms with Gasteiger partial charge in [-0.3, -0.25) is 0 Å². The van der Waals surface area contributed by atoms with Crippen molar-refractivity contribution in [2.24, 2.45) is 5.92 Å². The SMILES string of the molecule is CC(C)CC(CO)NCC(C)O. The number of aliphatic hydroxyl groups excluding tert-OH is 2. The second kappa shape index (κ2) is 6.40. The molecule has 3 heteroatoms. The molecule has 3 nitrogen and oxygen atoms in total. The summed E-state index contributed by atoms with van der Waals surface area (Å²) in [4.78, 5) is 0. The quantitative estimate of drug-likeness (QED) is 0.546. The van der Waals surface area contributed by atoms with Gasteiger partial charge in [0.05, 0.1) is 12.7 Å². The van der Waals surface area contributed by atoms with Gasteiger partial charge in [0, 0.05) is 12.6 Å². The molecule has 0 aliphatic heterocycles. The lowest BCUT2D eigenvalue weighted by Gasteiger charge is -2.18. The van der Waals surface area contributed by atoms with Gasteiger partial charge < -0.3 is 15.5 Å². The van der Waals surface area contributed by atoms with E-state index in [1.807, 2.05) is 0 Å². The lowest BCUT2D eigenvalue weighted by atomic mass is 10.0. The molecule has 0 fully saturated rings. The van der Waals surface area contributed by atoms with E-state index in [9.17, 15) is 0 Å². The van der Waals surface area contributed by atoms with Crippen molar-refractivity contribution in [3.63, 3.8) is 0 Å². The second-order valence-corrected chi connectivity index (χ2v) is 3.77. The molecule has 0 heterocycles. The molecular formula is C9H21NO2. The van der Waals surface area contributed by atoms with Crippen molar-refractivity contribution in [3.8, 4) is 0 Å². The molecule has 0 bridgehead atoms. The molecule has 0 saturated carbocycles. The Bertz CT molecular complexity index is 105. The third-order valence-corrected chi connectivity index (χ3v) is 1.68. The van der Waals surface area contributed by atoms with Crippen LogP contribution < -0.4 is 5.32 Å². The van der Waals surface area contributed by atoms with E-state index in [0.29, 0.717) is 12.5 Å². The minimum absolute atomic E-state index is 0.125. The zero-order valence-corrected chi connectivity index (χ0v) is 8.25. The van der Waals surface area contributed by atoms with Crippen molar-refractivity contribution in [1.82, 2.24) is 5.32 Å². The van der Waals surface area contributed by atoms with Crippen molar-refractivity contribution in [2.75, 3.05) is 13.2 Å². The Balaban J connectivity index is 3.53. The molecule has 0 aromatic carbocycles. The molecule has 74 valence electrons. The largest absolute Gasteiger partial charge is 0.395 e. The number of hydrogen-bond acceptors (Lipinski definition) is 3. The predicted molar refractivity (Wildman–Crippen MR) is 50.0 cm³/mol. The van der Waals surface area contributed by atoms with Gasteiger partial charge in [-0.2, -0.15) is 0 Å². The van der Waals surface area contributed by atoms with E-state index in [1.165, 1.54) is 0 Å². The Hall–Kier alpha value is -0.120. The molecule has 0 radical (unpaired) electrons. The van der Waals surface area contributed by atoms with Gasteiger partial charge in [0.1, 0.15) is 0 Å².